The third-order valence-corrected chi connectivity index (χ3v) is 4.43. The molecule has 8 heteroatoms. The van der Waals surface area contributed by atoms with Crippen LogP contribution in [0.3, 0.4) is 0 Å². The van der Waals surface area contributed by atoms with Gasteiger partial charge in [-0.15, -0.1) is 12.4 Å². The predicted molar refractivity (Wildman–Crippen MR) is 100 cm³/mol. The Hall–Kier alpha value is -1.99. The average Bonchev–Trinajstić information content (AvgIpc) is 3.27. The molecule has 0 bridgehead atoms. The highest BCUT2D eigenvalue weighted by atomic mass is 35.5. The summed E-state index contributed by atoms with van der Waals surface area (Å²) in [5.41, 5.74) is 1.70. The van der Waals surface area contributed by atoms with Gasteiger partial charge in [0.15, 0.2) is 5.82 Å². The van der Waals surface area contributed by atoms with Crippen molar-refractivity contribution in [2.24, 2.45) is 5.92 Å². The van der Waals surface area contributed by atoms with Gasteiger partial charge in [0.1, 0.15) is 0 Å². The fourth-order valence-electron chi connectivity index (χ4n) is 3.11. The molecule has 2 aromatic heterocycles. The Morgan fingerprint density at radius 1 is 1.42 bits per heavy atom. The molecule has 142 valence electrons. The summed E-state index contributed by atoms with van der Waals surface area (Å²) in [6.07, 6.45) is 7.34. The number of pyridine rings is 1. The van der Waals surface area contributed by atoms with Gasteiger partial charge in [0.25, 0.3) is 5.91 Å². The predicted octanol–water partition coefficient (Wildman–Crippen LogP) is 2.26. The number of carbonyl (C=O) groups is 1. The summed E-state index contributed by atoms with van der Waals surface area (Å²) in [7, 11) is 1.74. The van der Waals surface area contributed by atoms with Crippen LogP contribution in [0.25, 0.3) is 0 Å². The number of rotatable bonds is 7. The van der Waals surface area contributed by atoms with Gasteiger partial charge < -0.3 is 14.7 Å². The van der Waals surface area contributed by atoms with Gasteiger partial charge in [-0.3, -0.25) is 9.78 Å². The summed E-state index contributed by atoms with van der Waals surface area (Å²) in [5.74, 6) is 1.68. The molecular formula is C18H26ClN5O2. The molecular weight excluding hydrogens is 354 g/mol. The van der Waals surface area contributed by atoms with Crippen LogP contribution in [0.1, 0.15) is 47.4 Å². The number of carbonyl (C=O) groups excluding carboxylic acids is 1. The number of nitrogens with one attached hydrogen (secondary N) is 1. The zero-order chi connectivity index (χ0) is 17.6. The third-order valence-electron chi connectivity index (χ3n) is 4.43. The molecule has 1 unspecified atom stereocenters. The second-order valence-electron chi connectivity index (χ2n) is 6.66. The minimum Gasteiger partial charge on any atom is -0.337 e. The Morgan fingerprint density at radius 2 is 2.27 bits per heavy atom. The lowest BCUT2D eigenvalue weighted by molar-refractivity contribution is 0.0769. The van der Waals surface area contributed by atoms with Crippen LogP contribution in [0.15, 0.2) is 23.0 Å². The van der Waals surface area contributed by atoms with E-state index in [4.69, 9.17) is 4.52 Å². The fraction of sp³-hybridized carbons (Fsp3) is 0.556. The zero-order valence-corrected chi connectivity index (χ0v) is 16.1. The lowest BCUT2D eigenvalue weighted by Gasteiger charge is -2.15. The molecule has 7 nitrogen and oxygen atoms in total. The van der Waals surface area contributed by atoms with E-state index in [1.165, 1.54) is 6.42 Å². The summed E-state index contributed by atoms with van der Waals surface area (Å²) >= 11 is 0. The van der Waals surface area contributed by atoms with Crippen LogP contribution < -0.4 is 5.32 Å². The molecule has 0 aliphatic carbocycles. The Kier molecular flexibility index (Phi) is 7.53. The molecule has 0 radical (unpaired) electrons. The SMILES string of the molecule is CCCc1noc(CN(C)C(=O)c2cncc(CC3CCNC3)c2)n1.Cl. The van der Waals surface area contributed by atoms with Gasteiger partial charge in [-0.2, -0.15) is 4.98 Å². The summed E-state index contributed by atoms with van der Waals surface area (Å²) in [4.78, 5) is 22.8. The first kappa shape index (κ1) is 20.3. The number of hydrogen-bond acceptors (Lipinski definition) is 6. The topological polar surface area (TPSA) is 84.2 Å². The normalized spacial score (nSPS) is 16.3. The van der Waals surface area contributed by atoms with Crippen molar-refractivity contribution < 1.29 is 9.32 Å². The molecule has 0 saturated carbocycles. The van der Waals surface area contributed by atoms with E-state index in [0.29, 0.717) is 29.7 Å². The molecule has 1 saturated heterocycles. The van der Waals surface area contributed by atoms with E-state index in [1.807, 2.05) is 12.3 Å². The Balaban J connectivity index is 0.00000243. The van der Waals surface area contributed by atoms with Gasteiger partial charge in [0.05, 0.1) is 12.1 Å². The van der Waals surface area contributed by atoms with Crippen LogP contribution in [0.2, 0.25) is 0 Å². The summed E-state index contributed by atoms with van der Waals surface area (Å²) < 4.78 is 5.21. The van der Waals surface area contributed by atoms with Gasteiger partial charge in [-0.05, 0) is 49.9 Å². The zero-order valence-electron chi connectivity index (χ0n) is 15.3. The van der Waals surface area contributed by atoms with E-state index in [1.54, 1.807) is 18.1 Å². The van der Waals surface area contributed by atoms with Gasteiger partial charge in [-0.1, -0.05) is 12.1 Å². The third kappa shape index (κ3) is 5.25. The molecule has 1 fully saturated rings. The van der Waals surface area contributed by atoms with E-state index in [9.17, 15) is 4.79 Å². The minimum absolute atomic E-state index is 0. The monoisotopic (exact) mass is 379 g/mol. The molecule has 1 aliphatic heterocycles. The van der Waals surface area contributed by atoms with Crippen LogP contribution in [0.4, 0.5) is 0 Å². The van der Waals surface area contributed by atoms with Crippen molar-refractivity contribution >= 4 is 18.3 Å². The number of nitrogens with zero attached hydrogens (tertiary/aromatic N) is 4. The first-order chi connectivity index (χ1) is 12.2. The molecule has 1 aliphatic rings. The molecule has 0 aromatic carbocycles. The summed E-state index contributed by atoms with van der Waals surface area (Å²) in [6.45, 7) is 4.47. The first-order valence-electron chi connectivity index (χ1n) is 8.87. The van der Waals surface area contributed by atoms with E-state index in [0.717, 1.165) is 37.9 Å². The highest BCUT2D eigenvalue weighted by Gasteiger charge is 2.18. The summed E-state index contributed by atoms with van der Waals surface area (Å²) in [5, 5.41) is 7.29. The van der Waals surface area contributed by atoms with Crippen LogP contribution in [-0.4, -0.2) is 46.1 Å². The molecule has 3 heterocycles. The second-order valence-corrected chi connectivity index (χ2v) is 6.66. The molecule has 26 heavy (non-hydrogen) atoms. The van der Waals surface area contributed by atoms with E-state index in [-0.39, 0.29) is 18.3 Å². The number of amides is 1. The van der Waals surface area contributed by atoms with Crippen molar-refractivity contribution in [1.82, 2.24) is 25.3 Å². The quantitative estimate of drug-likeness (QED) is 0.794. The molecule has 1 N–H and O–H groups in total. The molecule has 0 spiro atoms. The van der Waals surface area contributed by atoms with Crippen LogP contribution in [0.5, 0.6) is 0 Å². The molecule has 1 amide bonds. The minimum atomic E-state index is -0.0888. The number of halogens is 1. The van der Waals surface area contributed by atoms with Crippen LogP contribution in [0, 0.1) is 5.92 Å². The van der Waals surface area contributed by atoms with E-state index >= 15 is 0 Å². The smallest absolute Gasteiger partial charge is 0.255 e. The van der Waals surface area contributed by atoms with Gasteiger partial charge in [-0.25, -0.2) is 0 Å². The van der Waals surface area contributed by atoms with Gasteiger partial charge in [0, 0.05) is 25.9 Å². The van der Waals surface area contributed by atoms with Crippen LogP contribution >= 0.6 is 12.4 Å². The van der Waals surface area contributed by atoms with Crippen molar-refractivity contribution in [1.29, 1.82) is 0 Å². The highest BCUT2D eigenvalue weighted by molar-refractivity contribution is 5.93. The highest BCUT2D eigenvalue weighted by Crippen LogP contribution is 2.16. The Bertz CT molecular complexity index is 715. The number of aromatic nitrogens is 3. The lowest BCUT2D eigenvalue weighted by atomic mass is 9.99. The maximum atomic E-state index is 12.7. The largest absolute Gasteiger partial charge is 0.337 e. The Labute approximate surface area is 160 Å². The maximum absolute atomic E-state index is 12.7. The van der Waals surface area contributed by atoms with E-state index in [2.05, 4.69) is 27.4 Å². The first-order valence-corrected chi connectivity index (χ1v) is 8.87. The number of hydrogen-bond donors (Lipinski definition) is 1. The molecule has 1 atom stereocenters. The average molecular weight is 380 g/mol. The van der Waals surface area contributed by atoms with Gasteiger partial charge in [0.2, 0.25) is 5.89 Å². The standard InChI is InChI=1S/C18H25N5O2.ClH/c1-3-4-16-21-17(25-22-16)12-23(2)18(24)15-8-14(10-20-11-15)7-13-5-6-19-9-13;/h8,10-11,13,19H,3-7,9,12H2,1-2H3;1H. The van der Waals surface area contributed by atoms with Crippen LogP contribution in [-0.2, 0) is 19.4 Å². The van der Waals surface area contributed by atoms with Crippen molar-refractivity contribution in [2.45, 2.75) is 39.2 Å². The van der Waals surface area contributed by atoms with Crippen molar-refractivity contribution in [3.63, 3.8) is 0 Å². The Morgan fingerprint density at radius 3 is 3.00 bits per heavy atom. The fourth-order valence-corrected chi connectivity index (χ4v) is 3.11. The molecule has 3 rings (SSSR count). The van der Waals surface area contributed by atoms with Crippen molar-refractivity contribution in [3.8, 4) is 0 Å². The molecule has 2 aromatic rings. The maximum Gasteiger partial charge on any atom is 0.255 e. The van der Waals surface area contributed by atoms with E-state index < -0.39 is 0 Å². The van der Waals surface area contributed by atoms with Crippen molar-refractivity contribution in [3.05, 3.63) is 41.3 Å². The van der Waals surface area contributed by atoms with Crippen molar-refractivity contribution in [2.75, 3.05) is 20.1 Å². The lowest BCUT2D eigenvalue weighted by Crippen LogP contribution is -2.26. The number of aryl methyl sites for hydroxylation is 1. The summed E-state index contributed by atoms with van der Waals surface area (Å²) in [6, 6.07) is 1.94. The van der Waals surface area contributed by atoms with Gasteiger partial charge >= 0.3 is 0 Å². The second kappa shape index (κ2) is 9.64.